The topological polar surface area (TPSA) is 114 Å². The summed E-state index contributed by atoms with van der Waals surface area (Å²) < 4.78 is 10.9. The van der Waals surface area contributed by atoms with Crippen molar-refractivity contribution < 1.29 is 29.0 Å². The molecule has 3 N–H and O–H groups in total. The quantitative estimate of drug-likeness (QED) is 0.550. The SMILES string of the molecule is CO[C@H](C)[C@H](NC(=O)OCC1c2ccccc2-c2ccccc21)C(=O)N[C@H]1CCC[C@H]1C(=O)O. The van der Waals surface area contributed by atoms with Crippen molar-refractivity contribution in [2.24, 2.45) is 5.92 Å². The van der Waals surface area contributed by atoms with E-state index in [2.05, 4.69) is 22.8 Å². The number of carbonyl (C=O) groups excluding carboxylic acids is 2. The highest BCUT2D eigenvalue weighted by Crippen LogP contribution is 2.44. The molecular formula is C26H30N2O6. The summed E-state index contributed by atoms with van der Waals surface area (Å²) >= 11 is 0. The Morgan fingerprint density at radius 2 is 1.65 bits per heavy atom. The number of hydrogen-bond donors (Lipinski definition) is 3. The van der Waals surface area contributed by atoms with Crippen molar-refractivity contribution in [1.29, 1.82) is 0 Å². The minimum Gasteiger partial charge on any atom is -0.481 e. The lowest BCUT2D eigenvalue weighted by Gasteiger charge is -2.26. The normalized spacial score (nSPS) is 20.6. The zero-order valence-electron chi connectivity index (χ0n) is 19.3. The number of carboxylic acids is 1. The summed E-state index contributed by atoms with van der Waals surface area (Å²) in [6.07, 6.45) is 0.468. The number of fused-ring (bicyclic) bond motifs is 3. The smallest absolute Gasteiger partial charge is 0.407 e. The van der Waals surface area contributed by atoms with E-state index < -0.39 is 42.1 Å². The third kappa shape index (κ3) is 4.77. The maximum atomic E-state index is 12.9. The first-order chi connectivity index (χ1) is 16.4. The molecule has 4 rings (SSSR count). The molecule has 2 aliphatic carbocycles. The Hall–Kier alpha value is -3.39. The first-order valence-corrected chi connectivity index (χ1v) is 11.6. The lowest BCUT2D eigenvalue weighted by molar-refractivity contribution is -0.142. The molecule has 8 heteroatoms. The molecule has 0 radical (unpaired) electrons. The molecule has 0 bridgehead atoms. The van der Waals surface area contributed by atoms with Crippen LogP contribution in [0.5, 0.6) is 0 Å². The van der Waals surface area contributed by atoms with Gasteiger partial charge in [-0.3, -0.25) is 9.59 Å². The highest BCUT2D eigenvalue weighted by Gasteiger charge is 2.37. The Labute approximate surface area is 198 Å². The zero-order valence-corrected chi connectivity index (χ0v) is 19.3. The molecule has 34 heavy (non-hydrogen) atoms. The minimum atomic E-state index is -1.02. The third-order valence-electron chi connectivity index (χ3n) is 6.90. The number of carboxylic acid groups (broad SMARTS) is 1. The van der Waals surface area contributed by atoms with Crippen molar-refractivity contribution >= 4 is 18.0 Å². The zero-order chi connectivity index (χ0) is 24.2. The minimum absolute atomic E-state index is 0.0971. The van der Waals surface area contributed by atoms with Gasteiger partial charge in [-0.1, -0.05) is 55.0 Å². The van der Waals surface area contributed by atoms with Gasteiger partial charge in [-0.05, 0) is 42.0 Å². The van der Waals surface area contributed by atoms with Crippen molar-refractivity contribution in [3.05, 3.63) is 59.7 Å². The highest BCUT2D eigenvalue weighted by molar-refractivity contribution is 5.87. The van der Waals surface area contributed by atoms with Crippen LogP contribution in [0.2, 0.25) is 0 Å². The lowest BCUT2D eigenvalue weighted by Crippen LogP contribution is -2.55. The van der Waals surface area contributed by atoms with Crippen LogP contribution in [0.25, 0.3) is 11.1 Å². The summed E-state index contributed by atoms with van der Waals surface area (Å²) in [5.74, 6) is -2.14. The monoisotopic (exact) mass is 466 g/mol. The summed E-state index contributed by atoms with van der Waals surface area (Å²) in [5, 5.41) is 14.8. The van der Waals surface area contributed by atoms with Crippen LogP contribution in [-0.4, -0.2) is 55.0 Å². The Kier molecular flexibility index (Phi) is 7.17. The molecule has 4 atom stereocenters. The second kappa shape index (κ2) is 10.3. The predicted molar refractivity (Wildman–Crippen MR) is 125 cm³/mol. The van der Waals surface area contributed by atoms with Crippen molar-refractivity contribution in [3.63, 3.8) is 0 Å². The van der Waals surface area contributed by atoms with Crippen LogP contribution in [-0.2, 0) is 19.1 Å². The van der Waals surface area contributed by atoms with Gasteiger partial charge < -0.3 is 25.2 Å². The standard InChI is InChI=1S/C26H30N2O6/c1-15(33-2)23(24(29)27-22-13-7-12-20(22)25(30)31)28-26(32)34-14-21-18-10-5-3-8-16(18)17-9-4-6-11-19(17)21/h3-6,8-11,15,20-23H,7,12-14H2,1-2H3,(H,27,29)(H,28,32)(H,30,31)/t15-,20-,22+,23+/m1/s1. The number of hydrogen-bond acceptors (Lipinski definition) is 5. The Balaban J connectivity index is 1.41. The molecule has 8 nitrogen and oxygen atoms in total. The van der Waals surface area contributed by atoms with Crippen molar-refractivity contribution in [2.45, 2.75) is 50.3 Å². The van der Waals surface area contributed by atoms with Gasteiger partial charge in [0.1, 0.15) is 12.6 Å². The maximum absolute atomic E-state index is 12.9. The average molecular weight is 467 g/mol. The van der Waals surface area contributed by atoms with Crippen LogP contribution in [0.4, 0.5) is 4.79 Å². The Bertz CT molecular complexity index is 1030. The Morgan fingerprint density at radius 1 is 1.03 bits per heavy atom. The van der Waals surface area contributed by atoms with E-state index >= 15 is 0 Å². The van der Waals surface area contributed by atoms with Gasteiger partial charge in [0.05, 0.1) is 12.0 Å². The molecular weight excluding hydrogens is 436 g/mol. The molecule has 2 aromatic rings. The first-order valence-electron chi connectivity index (χ1n) is 11.6. The highest BCUT2D eigenvalue weighted by atomic mass is 16.5. The number of ether oxygens (including phenoxy) is 2. The molecule has 2 aliphatic rings. The molecule has 0 spiro atoms. The van der Waals surface area contributed by atoms with E-state index in [0.717, 1.165) is 28.7 Å². The van der Waals surface area contributed by atoms with Crippen LogP contribution < -0.4 is 10.6 Å². The van der Waals surface area contributed by atoms with Crippen LogP contribution in [0.1, 0.15) is 43.2 Å². The lowest BCUT2D eigenvalue weighted by atomic mass is 9.98. The van der Waals surface area contributed by atoms with Gasteiger partial charge in [0.25, 0.3) is 0 Å². The first kappa shape index (κ1) is 23.8. The molecule has 2 aromatic carbocycles. The molecule has 0 unspecified atom stereocenters. The average Bonchev–Trinajstić information content (AvgIpc) is 3.43. The third-order valence-corrected chi connectivity index (χ3v) is 6.90. The predicted octanol–water partition coefficient (Wildman–Crippen LogP) is 3.30. The van der Waals surface area contributed by atoms with Crippen LogP contribution >= 0.6 is 0 Å². The second-order valence-corrected chi connectivity index (χ2v) is 8.88. The van der Waals surface area contributed by atoms with Crippen LogP contribution in [0.15, 0.2) is 48.5 Å². The van der Waals surface area contributed by atoms with E-state index in [4.69, 9.17) is 9.47 Å². The number of aliphatic carboxylic acids is 1. The number of alkyl carbamates (subject to hydrolysis) is 1. The van der Waals surface area contributed by atoms with E-state index in [1.54, 1.807) is 6.92 Å². The fourth-order valence-electron chi connectivity index (χ4n) is 5.00. The van der Waals surface area contributed by atoms with E-state index in [-0.39, 0.29) is 12.5 Å². The molecule has 1 saturated carbocycles. The number of amides is 2. The molecule has 0 aliphatic heterocycles. The van der Waals surface area contributed by atoms with Gasteiger partial charge in [-0.25, -0.2) is 4.79 Å². The van der Waals surface area contributed by atoms with Gasteiger partial charge in [0.15, 0.2) is 0 Å². The van der Waals surface area contributed by atoms with Crippen molar-refractivity contribution in [3.8, 4) is 11.1 Å². The van der Waals surface area contributed by atoms with Gasteiger partial charge in [-0.15, -0.1) is 0 Å². The number of rotatable bonds is 8. The molecule has 0 saturated heterocycles. The van der Waals surface area contributed by atoms with E-state index in [1.807, 2.05) is 36.4 Å². The molecule has 180 valence electrons. The number of carbonyl (C=O) groups is 3. The fraction of sp³-hybridized carbons (Fsp3) is 0.423. The van der Waals surface area contributed by atoms with Gasteiger partial charge in [0.2, 0.25) is 5.91 Å². The molecule has 1 fully saturated rings. The fourth-order valence-corrected chi connectivity index (χ4v) is 5.00. The molecule has 0 heterocycles. The van der Waals surface area contributed by atoms with Crippen LogP contribution in [0.3, 0.4) is 0 Å². The number of methoxy groups -OCH3 is 1. The number of nitrogens with one attached hydrogen (secondary N) is 2. The van der Waals surface area contributed by atoms with Crippen molar-refractivity contribution in [2.75, 3.05) is 13.7 Å². The summed E-state index contributed by atoms with van der Waals surface area (Å²) in [7, 11) is 1.44. The molecule has 2 amide bonds. The van der Waals surface area contributed by atoms with E-state index in [1.165, 1.54) is 7.11 Å². The summed E-state index contributed by atoms with van der Waals surface area (Å²) in [4.78, 5) is 37.1. The summed E-state index contributed by atoms with van der Waals surface area (Å²) in [5.41, 5.74) is 4.44. The van der Waals surface area contributed by atoms with Gasteiger partial charge in [0, 0.05) is 19.1 Å². The Morgan fingerprint density at radius 3 is 2.24 bits per heavy atom. The maximum Gasteiger partial charge on any atom is 0.407 e. The van der Waals surface area contributed by atoms with E-state index in [9.17, 15) is 19.5 Å². The molecule has 0 aromatic heterocycles. The second-order valence-electron chi connectivity index (χ2n) is 8.88. The number of benzene rings is 2. The van der Waals surface area contributed by atoms with Crippen molar-refractivity contribution in [1.82, 2.24) is 10.6 Å². The van der Waals surface area contributed by atoms with Crippen LogP contribution in [0, 0.1) is 5.92 Å². The summed E-state index contributed by atoms with van der Waals surface area (Å²) in [6, 6.07) is 14.6. The summed E-state index contributed by atoms with van der Waals surface area (Å²) in [6.45, 7) is 1.79. The van der Waals surface area contributed by atoms with Gasteiger partial charge in [-0.2, -0.15) is 0 Å². The van der Waals surface area contributed by atoms with Gasteiger partial charge >= 0.3 is 12.1 Å². The largest absolute Gasteiger partial charge is 0.481 e. The van der Waals surface area contributed by atoms with E-state index in [0.29, 0.717) is 12.8 Å².